The van der Waals surface area contributed by atoms with E-state index in [2.05, 4.69) is 10.3 Å². The predicted molar refractivity (Wildman–Crippen MR) is 96.4 cm³/mol. The Kier molecular flexibility index (Phi) is 4.75. The Morgan fingerprint density at radius 1 is 1.23 bits per heavy atom. The van der Waals surface area contributed by atoms with Gasteiger partial charge in [0.1, 0.15) is 0 Å². The Hall–Kier alpha value is -2.41. The zero-order valence-corrected chi connectivity index (χ0v) is 15.3. The minimum Gasteiger partial charge on any atom is -0.345 e. The van der Waals surface area contributed by atoms with Gasteiger partial charge in [0.05, 0.1) is 22.7 Å². The average Bonchev–Trinajstić information content (AvgIpc) is 2.91. The van der Waals surface area contributed by atoms with E-state index in [9.17, 15) is 18.0 Å². The number of rotatable bonds is 3. The number of carbonyl (C=O) groups excluding carboxylic acids is 1. The zero-order chi connectivity index (χ0) is 19.1. The van der Waals surface area contributed by atoms with Gasteiger partial charge in [-0.05, 0) is 38.5 Å². The van der Waals surface area contributed by atoms with Gasteiger partial charge in [0.25, 0.3) is 5.91 Å². The van der Waals surface area contributed by atoms with Crippen LogP contribution in [-0.2, 0) is 6.18 Å². The zero-order valence-electron chi connectivity index (χ0n) is 14.4. The van der Waals surface area contributed by atoms with E-state index in [1.807, 2.05) is 19.9 Å². The number of thiophene rings is 1. The Labute approximate surface area is 152 Å². The highest BCUT2D eigenvalue weighted by atomic mass is 32.1. The molecule has 1 N–H and O–H groups in total. The van der Waals surface area contributed by atoms with Crippen LogP contribution in [0.3, 0.4) is 0 Å². The number of alkyl halides is 3. The molecule has 3 nitrogen and oxygen atoms in total. The second-order valence-electron chi connectivity index (χ2n) is 6.13. The quantitative estimate of drug-likeness (QED) is 0.661. The lowest BCUT2D eigenvalue weighted by Crippen LogP contribution is -2.29. The van der Waals surface area contributed by atoms with Crippen molar-refractivity contribution in [1.82, 2.24) is 10.3 Å². The molecule has 0 fully saturated rings. The van der Waals surface area contributed by atoms with E-state index in [-0.39, 0.29) is 10.9 Å². The van der Waals surface area contributed by atoms with Crippen LogP contribution in [0.15, 0.2) is 36.5 Å². The minimum absolute atomic E-state index is 0.0807. The highest BCUT2D eigenvalue weighted by Gasteiger charge is 2.37. The average molecular weight is 378 g/mol. The van der Waals surface area contributed by atoms with Crippen molar-refractivity contribution in [2.24, 2.45) is 0 Å². The molecule has 0 aliphatic heterocycles. The Balaban J connectivity index is 2.02. The third-order valence-electron chi connectivity index (χ3n) is 4.20. The number of aryl methyl sites for hydroxylation is 2. The molecule has 0 saturated heterocycles. The second kappa shape index (κ2) is 6.72. The molecule has 1 aromatic carbocycles. The summed E-state index contributed by atoms with van der Waals surface area (Å²) in [6, 6.07) is 7.47. The van der Waals surface area contributed by atoms with Crippen molar-refractivity contribution in [3.05, 3.63) is 63.0 Å². The van der Waals surface area contributed by atoms with Crippen LogP contribution in [0.2, 0.25) is 0 Å². The fraction of sp³-hybridized carbons (Fsp3) is 0.263. The van der Waals surface area contributed by atoms with Crippen molar-refractivity contribution in [1.29, 1.82) is 0 Å². The molecule has 2 heterocycles. The van der Waals surface area contributed by atoms with Gasteiger partial charge in [0, 0.05) is 21.3 Å². The number of hydrogen-bond acceptors (Lipinski definition) is 3. The van der Waals surface area contributed by atoms with Crippen molar-refractivity contribution in [2.45, 2.75) is 33.0 Å². The van der Waals surface area contributed by atoms with Gasteiger partial charge in [-0.2, -0.15) is 13.2 Å². The molecule has 0 bridgehead atoms. The Morgan fingerprint density at radius 3 is 2.54 bits per heavy atom. The third kappa shape index (κ3) is 3.44. The summed E-state index contributed by atoms with van der Waals surface area (Å²) >= 11 is 1.59. The summed E-state index contributed by atoms with van der Waals surface area (Å²) in [7, 11) is 0. The summed E-state index contributed by atoms with van der Waals surface area (Å²) in [5.41, 5.74) is -0.310. The van der Waals surface area contributed by atoms with Crippen molar-refractivity contribution in [3.8, 4) is 0 Å². The third-order valence-corrected chi connectivity index (χ3v) is 5.18. The number of benzene rings is 1. The first-order valence-corrected chi connectivity index (χ1v) is 8.83. The summed E-state index contributed by atoms with van der Waals surface area (Å²) in [4.78, 5) is 18.7. The normalized spacial score (nSPS) is 13.0. The molecule has 3 rings (SSSR count). The Bertz CT molecular complexity index is 979. The first kappa shape index (κ1) is 18.4. The summed E-state index contributed by atoms with van der Waals surface area (Å²) in [5.74, 6) is -0.786. The molecule has 0 aliphatic carbocycles. The maximum absolute atomic E-state index is 13.7. The lowest BCUT2D eigenvalue weighted by Gasteiger charge is -2.18. The molecule has 1 amide bonds. The molecular weight excluding hydrogens is 361 g/mol. The summed E-state index contributed by atoms with van der Waals surface area (Å²) in [6.45, 7) is 5.63. The van der Waals surface area contributed by atoms with Crippen molar-refractivity contribution in [3.63, 3.8) is 0 Å². The number of nitrogens with zero attached hydrogens (tertiary/aromatic N) is 1. The summed E-state index contributed by atoms with van der Waals surface area (Å²) in [5, 5.41) is 2.59. The maximum atomic E-state index is 13.7. The SMILES string of the molecule is Cc1cc(C(C)NC(=O)c2cnc3ccccc3c2C(F)(F)F)c(C)s1. The van der Waals surface area contributed by atoms with Gasteiger partial charge in [-0.15, -0.1) is 11.3 Å². The first-order chi connectivity index (χ1) is 12.2. The van der Waals surface area contributed by atoms with Crippen LogP contribution < -0.4 is 5.32 Å². The highest BCUT2D eigenvalue weighted by Crippen LogP contribution is 2.37. The minimum atomic E-state index is -4.66. The molecule has 136 valence electrons. The number of para-hydroxylation sites is 1. The topological polar surface area (TPSA) is 42.0 Å². The van der Waals surface area contributed by atoms with E-state index in [0.29, 0.717) is 0 Å². The smallest absolute Gasteiger partial charge is 0.345 e. The molecule has 3 aromatic rings. The molecular formula is C19H17F3N2OS. The lowest BCUT2D eigenvalue weighted by molar-refractivity contribution is -0.136. The fourth-order valence-corrected chi connectivity index (χ4v) is 4.07. The molecule has 0 radical (unpaired) electrons. The van der Waals surface area contributed by atoms with Gasteiger partial charge in [0.2, 0.25) is 0 Å². The highest BCUT2D eigenvalue weighted by molar-refractivity contribution is 7.12. The number of hydrogen-bond donors (Lipinski definition) is 1. The predicted octanol–water partition coefficient (Wildman–Crippen LogP) is 5.42. The number of pyridine rings is 1. The number of fused-ring (bicyclic) bond motifs is 1. The van der Waals surface area contributed by atoms with Gasteiger partial charge in [-0.25, -0.2) is 0 Å². The van der Waals surface area contributed by atoms with Crippen molar-refractivity contribution in [2.75, 3.05) is 0 Å². The van der Waals surface area contributed by atoms with Crippen LogP contribution >= 0.6 is 11.3 Å². The Morgan fingerprint density at radius 2 is 1.92 bits per heavy atom. The van der Waals surface area contributed by atoms with E-state index in [4.69, 9.17) is 0 Å². The van der Waals surface area contributed by atoms with Gasteiger partial charge >= 0.3 is 6.18 Å². The number of carbonyl (C=O) groups is 1. The van der Waals surface area contributed by atoms with E-state index in [0.717, 1.165) is 21.5 Å². The molecule has 26 heavy (non-hydrogen) atoms. The summed E-state index contributed by atoms with van der Waals surface area (Å²) in [6.07, 6.45) is -3.66. The first-order valence-electron chi connectivity index (χ1n) is 8.01. The molecule has 0 aliphatic rings. The van der Waals surface area contributed by atoms with Crippen LogP contribution in [0, 0.1) is 13.8 Å². The van der Waals surface area contributed by atoms with Crippen LogP contribution in [0.5, 0.6) is 0 Å². The van der Waals surface area contributed by atoms with Crippen molar-refractivity contribution >= 4 is 28.1 Å². The van der Waals surface area contributed by atoms with Crippen LogP contribution in [0.25, 0.3) is 10.9 Å². The molecule has 0 saturated carbocycles. The second-order valence-corrected chi connectivity index (χ2v) is 7.59. The van der Waals surface area contributed by atoms with Gasteiger partial charge in [0.15, 0.2) is 0 Å². The largest absolute Gasteiger partial charge is 0.417 e. The van der Waals surface area contributed by atoms with E-state index < -0.39 is 29.3 Å². The molecule has 1 atom stereocenters. The van der Waals surface area contributed by atoms with Crippen molar-refractivity contribution < 1.29 is 18.0 Å². The molecule has 7 heteroatoms. The van der Waals surface area contributed by atoms with Gasteiger partial charge < -0.3 is 5.32 Å². The molecule has 2 aromatic heterocycles. The number of halogens is 3. The number of amides is 1. The van der Waals surface area contributed by atoms with E-state index in [1.165, 1.54) is 18.2 Å². The standard InChI is InChI=1S/C19H17F3N2OS/c1-10-8-14(12(3)26-10)11(2)24-18(25)15-9-23-16-7-5-4-6-13(16)17(15)19(20,21)22/h4-9,11H,1-3H3,(H,24,25). The van der Waals surface area contributed by atoms with Crippen LogP contribution in [0.1, 0.15) is 44.2 Å². The van der Waals surface area contributed by atoms with Gasteiger partial charge in [-0.3, -0.25) is 9.78 Å². The number of aromatic nitrogens is 1. The number of nitrogens with one attached hydrogen (secondary N) is 1. The van der Waals surface area contributed by atoms with E-state index >= 15 is 0 Å². The fourth-order valence-electron chi connectivity index (χ4n) is 3.05. The van der Waals surface area contributed by atoms with Gasteiger partial charge in [-0.1, -0.05) is 18.2 Å². The summed E-state index contributed by atoms with van der Waals surface area (Å²) < 4.78 is 41.0. The molecule has 0 spiro atoms. The monoisotopic (exact) mass is 378 g/mol. The maximum Gasteiger partial charge on any atom is 0.417 e. The van der Waals surface area contributed by atoms with Crippen LogP contribution in [-0.4, -0.2) is 10.9 Å². The van der Waals surface area contributed by atoms with Crippen LogP contribution in [0.4, 0.5) is 13.2 Å². The van der Waals surface area contributed by atoms with E-state index in [1.54, 1.807) is 24.3 Å². The molecule has 1 unspecified atom stereocenters. The lowest BCUT2D eigenvalue weighted by atomic mass is 10.0.